The van der Waals surface area contributed by atoms with Crippen LogP contribution >= 0.6 is 15.9 Å². The lowest BCUT2D eigenvalue weighted by molar-refractivity contribution is 0.625. The van der Waals surface area contributed by atoms with E-state index in [0.29, 0.717) is 0 Å². The zero-order chi connectivity index (χ0) is 12.3. The second-order valence-electron chi connectivity index (χ2n) is 4.22. The third-order valence-corrected chi connectivity index (χ3v) is 3.56. The third-order valence-electron chi connectivity index (χ3n) is 2.71. The fourth-order valence-corrected chi connectivity index (χ4v) is 2.52. The van der Waals surface area contributed by atoms with Gasteiger partial charge in [0.15, 0.2) is 0 Å². The summed E-state index contributed by atoms with van der Waals surface area (Å²) in [6.45, 7) is 2.08. The van der Waals surface area contributed by atoms with Gasteiger partial charge in [0.25, 0.3) is 0 Å². The van der Waals surface area contributed by atoms with Crippen molar-refractivity contribution < 1.29 is 4.39 Å². The molecule has 0 N–H and O–H groups in total. The average molecular weight is 293 g/mol. The van der Waals surface area contributed by atoms with Gasteiger partial charge >= 0.3 is 0 Å². The maximum atomic E-state index is 13.1. The minimum atomic E-state index is -0.184. The van der Waals surface area contributed by atoms with Crippen molar-refractivity contribution >= 4 is 15.9 Å². The fourth-order valence-electron chi connectivity index (χ4n) is 1.87. The van der Waals surface area contributed by atoms with Gasteiger partial charge in [-0.3, -0.25) is 0 Å². The van der Waals surface area contributed by atoms with E-state index >= 15 is 0 Å². The van der Waals surface area contributed by atoms with Gasteiger partial charge in [0.2, 0.25) is 0 Å². The minimum absolute atomic E-state index is 0.153. The Bertz CT molecular complexity index is 508. The molecule has 0 aliphatic carbocycles. The highest BCUT2D eigenvalue weighted by molar-refractivity contribution is 9.09. The lowest BCUT2D eigenvalue weighted by Crippen LogP contribution is -1.96. The van der Waals surface area contributed by atoms with E-state index in [1.165, 1.54) is 17.2 Å². The Balaban J connectivity index is 2.14. The van der Waals surface area contributed by atoms with E-state index in [-0.39, 0.29) is 10.6 Å². The van der Waals surface area contributed by atoms with Crippen molar-refractivity contribution in [3.05, 3.63) is 71.0 Å². The van der Waals surface area contributed by atoms with Crippen LogP contribution in [0.4, 0.5) is 4.39 Å². The van der Waals surface area contributed by atoms with Crippen LogP contribution in [0.15, 0.2) is 48.5 Å². The Morgan fingerprint density at radius 1 is 1.12 bits per heavy atom. The summed E-state index contributed by atoms with van der Waals surface area (Å²) in [4.78, 5) is 0.153. The largest absolute Gasteiger partial charge is 0.207 e. The summed E-state index contributed by atoms with van der Waals surface area (Å²) >= 11 is 3.61. The molecule has 0 radical (unpaired) electrons. The van der Waals surface area contributed by atoms with Crippen LogP contribution in [0, 0.1) is 12.7 Å². The van der Waals surface area contributed by atoms with Gasteiger partial charge in [0, 0.05) is 4.83 Å². The first-order valence-corrected chi connectivity index (χ1v) is 6.52. The van der Waals surface area contributed by atoms with E-state index in [9.17, 15) is 4.39 Å². The second kappa shape index (κ2) is 5.46. The number of benzene rings is 2. The number of aryl methyl sites for hydroxylation is 1. The molecule has 88 valence electrons. The van der Waals surface area contributed by atoms with Crippen LogP contribution in [0.25, 0.3) is 0 Å². The molecule has 0 nitrogen and oxygen atoms in total. The molecule has 17 heavy (non-hydrogen) atoms. The van der Waals surface area contributed by atoms with Gasteiger partial charge in [0.1, 0.15) is 5.82 Å². The van der Waals surface area contributed by atoms with Gasteiger partial charge in [-0.2, -0.15) is 0 Å². The lowest BCUT2D eigenvalue weighted by atomic mass is 10.0. The van der Waals surface area contributed by atoms with E-state index < -0.39 is 0 Å². The maximum Gasteiger partial charge on any atom is 0.123 e. The molecule has 1 unspecified atom stereocenters. The molecule has 0 aromatic heterocycles. The Morgan fingerprint density at radius 2 is 1.88 bits per heavy atom. The molecule has 2 rings (SSSR count). The summed E-state index contributed by atoms with van der Waals surface area (Å²) in [5, 5.41) is 0. The van der Waals surface area contributed by atoms with Crippen molar-refractivity contribution in [1.82, 2.24) is 0 Å². The van der Waals surface area contributed by atoms with Gasteiger partial charge in [-0.05, 0) is 36.6 Å². The van der Waals surface area contributed by atoms with Crippen molar-refractivity contribution in [2.45, 2.75) is 18.2 Å². The Hall–Kier alpha value is -1.15. The number of halogens is 2. The summed E-state index contributed by atoms with van der Waals surface area (Å²) < 4.78 is 13.1. The predicted molar refractivity (Wildman–Crippen MR) is 73.0 cm³/mol. The molecular formula is C15H14BrF. The molecule has 0 saturated carbocycles. The molecular weight excluding hydrogens is 279 g/mol. The van der Waals surface area contributed by atoms with E-state index in [0.717, 1.165) is 12.0 Å². The SMILES string of the molecule is Cc1cccc(CC(Br)c2cccc(F)c2)c1. The molecule has 0 saturated heterocycles. The first-order valence-electron chi connectivity index (χ1n) is 5.60. The topological polar surface area (TPSA) is 0 Å². The van der Waals surface area contributed by atoms with Crippen LogP contribution in [-0.2, 0) is 6.42 Å². The number of hydrogen-bond donors (Lipinski definition) is 0. The van der Waals surface area contributed by atoms with Crippen LogP contribution in [0.3, 0.4) is 0 Å². The third kappa shape index (κ3) is 3.40. The molecule has 0 aliphatic heterocycles. The second-order valence-corrected chi connectivity index (χ2v) is 5.32. The number of rotatable bonds is 3. The molecule has 0 aliphatic rings. The van der Waals surface area contributed by atoms with Crippen LogP contribution in [-0.4, -0.2) is 0 Å². The lowest BCUT2D eigenvalue weighted by Gasteiger charge is -2.10. The smallest absolute Gasteiger partial charge is 0.123 e. The summed E-state index contributed by atoms with van der Waals surface area (Å²) in [5.41, 5.74) is 3.49. The monoisotopic (exact) mass is 292 g/mol. The molecule has 0 amide bonds. The summed E-state index contributed by atoms with van der Waals surface area (Å²) in [6.07, 6.45) is 0.866. The summed E-state index contributed by atoms with van der Waals surface area (Å²) in [5.74, 6) is -0.184. The molecule has 0 bridgehead atoms. The predicted octanol–water partition coefficient (Wildman–Crippen LogP) is 4.81. The number of hydrogen-bond acceptors (Lipinski definition) is 0. The first-order chi connectivity index (χ1) is 8.15. The molecule has 2 heteroatoms. The molecule has 0 spiro atoms. The molecule has 0 heterocycles. The zero-order valence-electron chi connectivity index (χ0n) is 9.66. The quantitative estimate of drug-likeness (QED) is 0.712. The van der Waals surface area contributed by atoms with E-state index in [2.05, 4.69) is 47.1 Å². The first kappa shape index (κ1) is 12.3. The molecule has 1 atom stereocenters. The van der Waals surface area contributed by atoms with Crippen LogP contribution in [0.1, 0.15) is 21.5 Å². The summed E-state index contributed by atoms with van der Waals surface area (Å²) in [7, 11) is 0. The van der Waals surface area contributed by atoms with Crippen LogP contribution < -0.4 is 0 Å². The number of alkyl halides is 1. The van der Waals surface area contributed by atoms with Gasteiger partial charge < -0.3 is 0 Å². The van der Waals surface area contributed by atoms with Gasteiger partial charge in [-0.25, -0.2) is 4.39 Å². The van der Waals surface area contributed by atoms with Gasteiger partial charge in [-0.15, -0.1) is 0 Å². The highest BCUT2D eigenvalue weighted by atomic mass is 79.9. The van der Waals surface area contributed by atoms with Crippen molar-refractivity contribution in [3.8, 4) is 0 Å². The van der Waals surface area contributed by atoms with Crippen molar-refractivity contribution in [2.24, 2.45) is 0 Å². The van der Waals surface area contributed by atoms with E-state index in [1.807, 2.05) is 6.07 Å². The average Bonchev–Trinajstić information content (AvgIpc) is 2.29. The van der Waals surface area contributed by atoms with Gasteiger partial charge in [-0.1, -0.05) is 57.9 Å². The van der Waals surface area contributed by atoms with Gasteiger partial charge in [0.05, 0.1) is 0 Å². The van der Waals surface area contributed by atoms with Crippen molar-refractivity contribution in [2.75, 3.05) is 0 Å². The molecule has 2 aromatic rings. The summed E-state index contributed by atoms with van der Waals surface area (Å²) in [6, 6.07) is 15.1. The fraction of sp³-hybridized carbons (Fsp3) is 0.200. The van der Waals surface area contributed by atoms with Crippen LogP contribution in [0.2, 0.25) is 0 Å². The van der Waals surface area contributed by atoms with Crippen molar-refractivity contribution in [1.29, 1.82) is 0 Å². The van der Waals surface area contributed by atoms with Crippen LogP contribution in [0.5, 0.6) is 0 Å². The maximum absolute atomic E-state index is 13.1. The normalized spacial score (nSPS) is 12.4. The Kier molecular flexibility index (Phi) is 3.95. The van der Waals surface area contributed by atoms with Crippen molar-refractivity contribution in [3.63, 3.8) is 0 Å². The Morgan fingerprint density at radius 3 is 2.59 bits per heavy atom. The highest BCUT2D eigenvalue weighted by Gasteiger charge is 2.09. The van der Waals surface area contributed by atoms with E-state index in [1.54, 1.807) is 12.1 Å². The minimum Gasteiger partial charge on any atom is -0.207 e. The molecule has 2 aromatic carbocycles. The molecule has 0 fully saturated rings. The van der Waals surface area contributed by atoms with E-state index in [4.69, 9.17) is 0 Å². The Labute approximate surface area is 110 Å². The zero-order valence-corrected chi connectivity index (χ0v) is 11.2. The highest BCUT2D eigenvalue weighted by Crippen LogP contribution is 2.27. The standard InChI is InChI=1S/C15H14BrF/c1-11-4-2-5-12(8-11)9-15(16)13-6-3-7-14(17)10-13/h2-8,10,15H,9H2,1H3.